The van der Waals surface area contributed by atoms with Crippen LogP contribution in [0.2, 0.25) is 0 Å². The van der Waals surface area contributed by atoms with Gasteiger partial charge in [-0.3, -0.25) is 9.89 Å². The van der Waals surface area contributed by atoms with Crippen molar-refractivity contribution in [3.63, 3.8) is 0 Å². The predicted octanol–water partition coefficient (Wildman–Crippen LogP) is 1.69. The van der Waals surface area contributed by atoms with Crippen molar-refractivity contribution < 1.29 is 12.8 Å². The monoisotopic (exact) mass is 425 g/mol. The zero-order chi connectivity index (χ0) is 20.5. The van der Waals surface area contributed by atoms with Crippen molar-refractivity contribution in [1.82, 2.24) is 20.3 Å². The van der Waals surface area contributed by atoms with Gasteiger partial charge in [-0.05, 0) is 63.7 Å². The maximum Gasteiger partial charge on any atom is 0.213 e. The minimum atomic E-state index is -3.26. The first-order valence-electron chi connectivity index (χ1n) is 10.8. The second-order valence-corrected chi connectivity index (χ2v) is 9.81. The summed E-state index contributed by atoms with van der Waals surface area (Å²) in [7, 11) is -3.26. The Kier molecular flexibility index (Phi) is 8.38. The lowest BCUT2D eigenvalue weighted by molar-refractivity contribution is 0.221. The standard InChI is InChI=1S/C20H35N5O3S/c1-2-21-20(22-10-14-29(26,27)24-15-17-7-5-8-17)23-16-18(19-9-6-13-28-19)25-11-3-4-12-25/h6,9,13,17-18,24H,2-5,7-8,10-12,14-16H2,1H3,(H2,21,22,23). The van der Waals surface area contributed by atoms with E-state index in [0.29, 0.717) is 38.1 Å². The number of hydrogen-bond donors (Lipinski definition) is 3. The molecule has 1 saturated carbocycles. The minimum absolute atomic E-state index is 0.0396. The zero-order valence-electron chi connectivity index (χ0n) is 17.4. The lowest BCUT2D eigenvalue weighted by Gasteiger charge is -2.25. The minimum Gasteiger partial charge on any atom is -0.468 e. The molecule has 1 aromatic heterocycles. The average Bonchev–Trinajstić information content (AvgIpc) is 3.35. The Morgan fingerprint density at radius 3 is 2.69 bits per heavy atom. The van der Waals surface area contributed by atoms with Crippen LogP contribution in [0.1, 0.15) is 50.8 Å². The van der Waals surface area contributed by atoms with Gasteiger partial charge in [0.25, 0.3) is 0 Å². The van der Waals surface area contributed by atoms with Gasteiger partial charge in [-0.2, -0.15) is 0 Å². The van der Waals surface area contributed by atoms with Gasteiger partial charge in [-0.25, -0.2) is 13.1 Å². The number of guanidine groups is 1. The van der Waals surface area contributed by atoms with Crippen LogP contribution >= 0.6 is 0 Å². The normalized spacial score (nSPS) is 19.8. The van der Waals surface area contributed by atoms with E-state index in [0.717, 1.165) is 31.7 Å². The summed E-state index contributed by atoms with van der Waals surface area (Å²) in [6.45, 7) is 6.27. The van der Waals surface area contributed by atoms with Gasteiger partial charge >= 0.3 is 0 Å². The molecule has 3 N–H and O–H groups in total. The SMILES string of the molecule is CCNC(=NCC(c1ccco1)N1CCCC1)NCCS(=O)(=O)NCC1CCC1. The van der Waals surface area contributed by atoms with E-state index in [1.54, 1.807) is 6.26 Å². The van der Waals surface area contributed by atoms with Gasteiger partial charge in [0.15, 0.2) is 5.96 Å². The number of rotatable bonds is 11. The Morgan fingerprint density at radius 2 is 2.07 bits per heavy atom. The quantitative estimate of drug-likeness (QED) is 0.369. The third-order valence-electron chi connectivity index (χ3n) is 5.70. The van der Waals surface area contributed by atoms with Crippen LogP contribution in [0.15, 0.2) is 27.8 Å². The Balaban J connectivity index is 1.51. The molecule has 29 heavy (non-hydrogen) atoms. The fourth-order valence-electron chi connectivity index (χ4n) is 3.76. The zero-order valence-corrected chi connectivity index (χ0v) is 18.2. The molecule has 1 aliphatic carbocycles. The molecule has 1 saturated heterocycles. The summed E-state index contributed by atoms with van der Waals surface area (Å²) in [5.41, 5.74) is 0. The topological polar surface area (TPSA) is 99.0 Å². The lowest BCUT2D eigenvalue weighted by atomic mass is 9.86. The van der Waals surface area contributed by atoms with Crippen molar-refractivity contribution in [2.45, 2.75) is 45.1 Å². The molecule has 0 spiro atoms. The molecule has 0 aromatic carbocycles. The number of likely N-dealkylation sites (tertiary alicyclic amines) is 1. The van der Waals surface area contributed by atoms with Crippen molar-refractivity contribution in [3.05, 3.63) is 24.2 Å². The van der Waals surface area contributed by atoms with E-state index >= 15 is 0 Å². The summed E-state index contributed by atoms with van der Waals surface area (Å²) in [4.78, 5) is 7.11. The highest BCUT2D eigenvalue weighted by Crippen LogP contribution is 2.26. The molecule has 9 heteroatoms. The summed E-state index contributed by atoms with van der Waals surface area (Å²) < 4.78 is 32.7. The van der Waals surface area contributed by atoms with Gasteiger partial charge in [0.1, 0.15) is 5.76 Å². The van der Waals surface area contributed by atoms with Crippen molar-refractivity contribution in [2.75, 3.05) is 45.0 Å². The maximum absolute atomic E-state index is 12.2. The molecule has 1 aliphatic heterocycles. The Hall–Kier alpha value is -1.58. The number of nitrogens with zero attached hydrogens (tertiary/aromatic N) is 2. The Morgan fingerprint density at radius 1 is 1.28 bits per heavy atom. The van der Waals surface area contributed by atoms with Crippen LogP contribution in [0, 0.1) is 5.92 Å². The van der Waals surface area contributed by atoms with Crippen LogP contribution in [0.4, 0.5) is 0 Å². The second-order valence-electron chi connectivity index (χ2n) is 7.88. The predicted molar refractivity (Wildman–Crippen MR) is 115 cm³/mol. The fourth-order valence-corrected chi connectivity index (χ4v) is 4.76. The largest absolute Gasteiger partial charge is 0.468 e. The van der Waals surface area contributed by atoms with Crippen LogP contribution in [0.3, 0.4) is 0 Å². The molecule has 1 atom stereocenters. The molecule has 2 heterocycles. The van der Waals surface area contributed by atoms with Crippen molar-refractivity contribution in [3.8, 4) is 0 Å². The van der Waals surface area contributed by atoms with Crippen LogP contribution in [-0.4, -0.2) is 64.3 Å². The van der Waals surface area contributed by atoms with E-state index in [2.05, 4.69) is 20.3 Å². The van der Waals surface area contributed by atoms with Crippen molar-refractivity contribution >= 4 is 16.0 Å². The molecule has 0 amide bonds. The third-order valence-corrected chi connectivity index (χ3v) is 7.05. The highest BCUT2D eigenvalue weighted by atomic mass is 32.2. The van der Waals surface area contributed by atoms with Crippen molar-refractivity contribution in [1.29, 1.82) is 0 Å². The molecule has 2 aliphatic rings. The number of hydrogen-bond acceptors (Lipinski definition) is 5. The van der Waals surface area contributed by atoms with Crippen LogP contribution in [0.25, 0.3) is 0 Å². The summed E-state index contributed by atoms with van der Waals surface area (Å²) >= 11 is 0. The van der Waals surface area contributed by atoms with E-state index < -0.39 is 10.0 Å². The summed E-state index contributed by atoms with van der Waals surface area (Å²) in [5.74, 6) is 2.12. The summed E-state index contributed by atoms with van der Waals surface area (Å²) in [6.07, 6.45) is 7.58. The molecule has 164 valence electrons. The Labute approximate surface area is 174 Å². The first-order chi connectivity index (χ1) is 14.1. The third kappa shape index (κ3) is 7.01. The average molecular weight is 426 g/mol. The highest BCUT2D eigenvalue weighted by molar-refractivity contribution is 7.89. The smallest absolute Gasteiger partial charge is 0.213 e. The van der Waals surface area contributed by atoms with Gasteiger partial charge in [0.2, 0.25) is 10.0 Å². The van der Waals surface area contributed by atoms with E-state index in [9.17, 15) is 8.42 Å². The molecule has 1 unspecified atom stereocenters. The van der Waals surface area contributed by atoms with E-state index in [1.807, 2.05) is 19.1 Å². The molecule has 0 radical (unpaired) electrons. The number of sulfonamides is 1. The van der Waals surface area contributed by atoms with Gasteiger partial charge in [0.05, 0.1) is 24.6 Å². The van der Waals surface area contributed by atoms with E-state index in [4.69, 9.17) is 9.41 Å². The number of nitrogens with one attached hydrogen (secondary N) is 3. The molecular weight excluding hydrogens is 390 g/mol. The van der Waals surface area contributed by atoms with Gasteiger partial charge in [-0.15, -0.1) is 0 Å². The van der Waals surface area contributed by atoms with Crippen molar-refractivity contribution in [2.24, 2.45) is 10.9 Å². The molecule has 1 aromatic rings. The first-order valence-corrected chi connectivity index (χ1v) is 12.5. The van der Waals surface area contributed by atoms with Gasteiger partial charge in [-0.1, -0.05) is 6.42 Å². The maximum atomic E-state index is 12.2. The number of furan rings is 1. The fraction of sp³-hybridized carbons (Fsp3) is 0.750. The van der Waals surface area contributed by atoms with Gasteiger partial charge in [0, 0.05) is 19.6 Å². The summed E-state index contributed by atoms with van der Waals surface area (Å²) in [6, 6.07) is 4.02. The lowest BCUT2D eigenvalue weighted by Crippen LogP contribution is -2.42. The molecule has 8 nitrogen and oxygen atoms in total. The first kappa shape index (κ1) is 22.1. The second kappa shape index (κ2) is 11.0. The Bertz CT molecular complexity index is 725. The van der Waals surface area contributed by atoms with Crippen LogP contribution in [0.5, 0.6) is 0 Å². The van der Waals surface area contributed by atoms with E-state index in [1.165, 1.54) is 19.3 Å². The summed E-state index contributed by atoms with van der Waals surface area (Å²) in [5, 5.41) is 6.36. The molecule has 0 bridgehead atoms. The van der Waals surface area contributed by atoms with Gasteiger partial charge < -0.3 is 15.1 Å². The molecular formula is C20H35N5O3S. The highest BCUT2D eigenvalue weighted by Gasteiger charge is 2.25. The van der Waals surface area contributed by atoms with Crippen LogP contribution < -0.4 is 15.4 Å². The van der Waals surface area contributed by atoms with Crippen LogP contribution in [-0.2, 0) is 10.0 Å². The van der Waals surface area contributed by atoms with E-state index in [-0.39, 0.29) is 11.8 Å². The number of aliphatic imine (C=N–C) groups is 1. The molecule has 3 rings (SSSR count). The molecule has 2 fully saturated rings.